The smallest absolute Gasteiger partial charge is 0.348 e. The third kappa shape index (κ3) is 3.71. The molecule has 0 aliphatic heterocycles. The molecule has 2 aromatic carbocycles. The van der Waals surface area contributed by atoms with Crippen LogP contribution in [0.4, 0.5) is 5.69 Å². The zero-order valence-corrected chi connectivity index (χ0v) is 15.6. The van der Waals surface area contributed by atoms with Crippen molar-refractivity contribution in [2.75, 3.05) is 0 Å². The van der Waals surface area contributed by atoms with E-state index < -0.39 is 10.9 Å². The van der Waals surface area contributed by atoms with Gasteiger partial charge in [0.25, 0.3) is 11.6 Å². The molecule has 0 fully saturated rings. The highest BCUT2D eigenvalue weighted by Crippen LogP contribution is 2.29. The van der Waals surface area contributed by atoms with Gasteiger partial charge in [-0.1, -0.05) is 11.6 Å². The highest BCUT2D eigenvalue weighted by molar-refractivity contribution is 7.20. The second kappa shape index (κ2) is 7.37. The molecule has 2 heterocycles. The molecular weight excluding hydrogens is 406 g/mol. The summed E-state index contributed by atoms with van der Waals surface area (Å²) in [5.41, 5.74) is 0.659. The lowest BCUT2D eigenvalue weighted by Crippen LogP contribution is -2.03. The molecule has 0 aliphatic carbocycles. The zero-order valence-electron chi connectivity index (χ0n) is 14.0. The summed E-state index contributed by atoms with van der Waals surface area (Å²) in [6.07, 6.45) is 0. The summed E-state index contributed by atoms with van der Waals surface area (Å²) in [7, 11) is 0. The van der Waals surface area contributed by atoms with E-state index in [1.54, 1.807) is 36.4 Å². The van der Waals surface area contributed by atoms with Crippen molar-refractivity contribution >= 4 is 44.7 Å². The van der Waals surface area contributed by atoms with Crippen LogP contribution in [0.5, 0.6) is 0 Å². The van der Waals surface area contributed by atoms with Crippen molar-refractivity contribution in [2.24, 2.45) is 0 Å². The minimum atomic E-state index is -0.574. The van der Waals surface area contributed by atoms with Crippen LogP contribution < -0.4 is 0 Å². The lowest BCUT2D eigenvalue weighted by molar-refractivity contribution is -0.384. The van der Waals surface area contributed by atoms with Gasteiger partial charge < -0.3 is 9.15 Å². The van der Waals surface area contributed by atoms with Crippen molar-refractivity contribution < 1.29 is 18.9 Å². The average molecular weight is 416 g/mol. The molecule has 4 rings (SSSR count). The lowest BCUT2D eigenvalue weighted by atomic mass is 10.2. The monoisotopic (exact) mass is 415 g/mol. The van der Waals surface area contributed by atoms with E-state index >= 15 is 0 Å². The molecule has 0 spiro atoms. The molecule has 2 aromatic heterocycles. The lowest BCUT2D eigenvalue weighted by Gasteiger charge is -1.98. The molecule has 28 heavy (non-hydrogen) atoms. The number of esters is 1. The topological polar surface area (TPSA) is 108 Å². The fourth-order valence-corrected chi connectivity index (χ4v) is 3.53. The van der Waals surface area contributed by atoms with Gasteiger partial charge in [0.05, 0.1) is 4.92 Å². The maximum Gasteiger partial charge on any atom is 0.348 e. The Kier molecular flexibility index (Phi) is 4.76. The number of non-ortho nitro benzene ring substituents is 1. The molecule has 4 aromatic rings. The van der Waals surface area contributed by atoms with Crippen LogP contribution >= 0.6 is 22.9 Å². The molecule has 140 valence electrons. The maximum absolute atomic E-state index is 12.3. The van der Waals surface area contributed by atoms with Crippen LogP contribution in [0.25, 0.3) is 21.5 Å². The van der Waals surface area contributed by atoms with Gasteiger partial charge >= 0.3 is 5.97 Å². The van der Waals surface area contributed by atoms with Gasteiger partial charge in [-0.2, -0.15) is 0 Å². The van der Waals surface area contributed by atoms with Gasteiger partial charge in [0.15, 0.2) is 6.61 Å². The Morgan fingerprint density at radius 2 is 1.96 bits per heavy atom. The number of carbonyl (C=O) groups excluding carboxylic acids is 1. The molecule has 0 radical (unpaired) electrons. The van der Waals surface area contributed by atoms with E-state index in [1.165, 1.54) is 23.5 Å². The fourth-order valence-electron chi connectivity index (χ4n) is 2.46. The SMILES string of the molecule is O=C(OCc1nnc(-c2ccc(Cl)cc2)o1)c1cc2cc([N+](=O)[O-])ccc2s1. The first kappa shape index (κ1) is 18.1. The van der Waals surface area contributed by atoms with Crippen LogP contribution in [0.1, 0.15) is 15.6 Å². The molecule has 10 heteroatoms. The Labute approximate surface area is 166 Å². The molecule has 0 aliphatic rings. The second-order valence-electron chi connectivity index (χ2n) is 5.67. The van der Waals surface area contributed by atoms with Crippen molar-refractivity contribution in [1.82, 2.24) is 10.2 Å². The molecule has 0 saturated carbocycles. The summed E-state index contributed by atoms with van der Waals surface area (Å²) in [5.74, 6) is -0.137. The zero-order chi connectivity index (χ0) is 19.7. The predicted octanol–water partition coefficient (Wildman–Crippen LogP) is 4.87. The van der Waals surface area contributed by atoms with E-state index in [-0.39, 0.29) is 24.1 Å². The number of rotatable bonds is 5. The number of hydrogen-bond acceptors (Lipinski definition) is 8. The van der Waals surface area contributed by atoms with Gasteiger partial charge in [0.1, 0.15) is 4.88 Å². The Morgan fingerprint density at radius 1 is 1.18 bits per heavy atom. The maximum atomic E-state index is 12.3. The predicted molar refractivity (Wildman–Crippen MR) is 102 cm³/mol. The molecular formula is C18H10ClN3O5S. The average Bonchev–Trinajstić information content (AvgIpc) is 3.33. The number of hydrogen-bond donors (Lipinski definition) is 0. The van der Waals surface area contributed by atoms with E-state index in [0.29, 0.717) is 20.8 Å². The number of thiophene rings is 1. The van der Waals surface area contributed by atoms with E-state index in [9.17, 15) is 14.9 Å². The van der Waals surface area contributed by atoms with Gasteiger partial charge in [0.2, 0.25) is 5.89 Å². The number of benzene rings is 2. The van der Waals surface area contributed by atoms with Crippen LogP contribution in [0.2, 0.25) is 5.02 Å². The summed E-state index contributed by atoms with van der Waals surface area (Å²) in [5, 5.41) is 19.8. The van der Waals surface area contributed by atoms with E-state index in [0.717, 1.165) is 4.70 Å². The Balaban J connectivity index is 1.45. The van der Waals surface area contributed by atoms with Gasteiger partial charge in [0, 0.05) is 32.8 Å². The van der Waals surface area contributed by atoms with Crippen molar-refractivity contribution in [3.05, 3.63) is 74.4 Å². The fraction of sp³-hybridized carbons (Fsp3) is 0.0556. The van der Waals surface area contributed by atoms with Crippen LogP contribution in [-0.2, 0) is 11.3 Å². The van der Waals surface area contributed by atoms with Gasteiger partial charge in [-0.25, -0.2) is 4.79 Å². The summed E-state index contributed by atoms with van der Waals surface area (Å²) in [6.45, 7) is -0.187. The molecule has 0 N–H and O–H groups in total. The van der Waals surface area contributed by atoms with E-state index in [4.69, 9.17) is 20.8 Å². The summed E-state index contributed by atoms with van der Waals surface area (Å²) >= 11 is 7.03. The van der Waals surface area contributed by atoms with Crippen molar-refractivity contribution in [2.45, 2.75) is 6.61 Å². The molecule has 0 unspecified atom stereocenters. The van der Waals surface area contributed by atoms with Crippen LogP contribution in [0.3, 0.4) is 0 Å². The first-order valence-corrected chi connectivity index (χ1v) is 9.12. The number of nitrogens with zero attached hydrogens (tertiary/aromatic N) is 3. The summed E-state index contributed by atoms with van der Waals surface area (Å²) in [4.78, 5) is 23.0. The quantitative estimate of drug-likeness (QED) is 0.260. The number of ether oxygens (including phenoxy) is 1. The number of aromatic nitrogens is 2. The summed E-state index contributed by atoms with van der Waals surface area (Å²) in [6, 6.07) is 12.8. The number of fused-ring (bicyclic) bond motifs is 1. The minimum Gasteiger partial charge on any atom is -0.451 e. The first-order chi connectivity index (χ1) is 13.5. The Bertz CT molecular complexity index is 1190. The van der Waals surface area contributed by atoms with Crippen LogP contribution in [0, 0.1) is 10.1 Å². The largest absolute Gasteiger partial charge is 0.451 e. The molecule has 0 saturated heterocycles. The number of nitro benzene ring substituents is 1. The number of halogens is 1. The van der Waals surface area contributed by atoms with Crippen LogP contribution in [-0.4, -0.2) is 21.1 Å². The summed E-state index contributed by atoms with van der Waals surface area (Å²) < 4.78 is 11.4. The number of nitro groups is 1. The number of carbonyl (C=O) groups is 1. The van der Waals surface area contributed by atoms with Crippen LogP contribution in [0.15, 0.2) is 52.9 Å². The Morgan fingerprint density at radius 3 is 2.71 bits per heavy atom. The van der Waals surface area contributed by atoms with E-state index in [1.807, 2.05) is 0 Å². The molecule has 0 bridgehead atoms. The molecule has 8 nitrogen and oxygen atoms in total. The minimum absolute atomic E-state index is 0.0363. The molecule has 0 amide bonds. The molecule has 0 atom stereocenters. The normalized spacial score (nSPS) is 10.9. The van der Waals surface area contributed by atoms with Crippen molar-refractivity contribution in [1.29, 1.82) is 0 Å². The highest BCUT2D eigenvalue weighted by Gasteiger charge is 2.16. The second-order valence-corrected chi connectivity index (χ2v) is 7.19. The van der Waals surface area contributed by atoms with Gasteiger partial charge in [-0.05, 0) is 36.4 Å². The van der Waals surface area contributed by atoms with E-state index in [2.05, 4.69) is 10.2 Å². The standard InChI is InChI=1S/C18H10ClN3O5S/c19-12-3-1-10(2-4-12)17-21-20-16(27-17)9-26-18(23)15-8-11-7-13(22(24)25)5-6-14(11)28-15/h1-8H,9H2. The first-order valence-electron chi connectivity index (χ1n) is 7.93. The van der Waals surface area contributed by atoms with Gasteiger partial charge in [-0.3, -0.25) is 10.1 Å². The van der Waals surface area contributed by atoms with Crippen molar-refractivity contribution in [3.8, 4) is 11.5 Å². The highest BCUT2D eigenvalue weighted by atomic mass is 35.5. The third-order valence-corrected chi connectivity index (χ3v) is 5.14. The third-order valence-electron chi connectivity index (χ3n) is 3.80. The van der Waals surface area contributed by atoms with Gasteiger partial charge in [-0.15, -0.1) is 21.5 Å². The Hall–Kier alpha value is -3.30. The van der Waals surface area contributed by atoms with Crippen molar-refractivity contribution in [3.63, 3.8) is 0 Å².